The molecule has 0 bridgehead atoms. The molecule has 0 fully saturated rings. The Morgan fingerprint density at radius 2 is 1.59 bits per heavy atom. The van der Waals surface area contributed by atoms with Gasteiger partial charge in [0.2, 0.25) is 5.91 Å². The topological polar surface area (TPSA) is 45.2 Å². The molecular weight excluding hydrogens is 334 g/mol. The number of benzene rings is 2. The number of anilines is 2. The molecule has 4 heteroatoms. The van der Waals surface area contributed by atoms with Crippen LogP contribution in [0.3, 0.4) is 0 Å². The van der Waals surface area contributed by atoms with Gasteiger partial charge >= 0.3 is 0 Å². The molecule has 4 nitrogen and oxygen atoms in total. The maximum absolute atomic E-state index is 12.0. The molecule has 1 aromatic heterocycles. The summed E-state index contributed by atoms with van der Waals surface area (Å²) in [4.78, 5) is 18.1. The number of amides is 1. The van der Waals surface area contributed by atoms with Crippen LogP contribution in [0.2, 0.25) is 0 Å². The van der Waals surface area contributed by atoms with Gasteiger partial charge in [0.05, 0.1) is 0 Å². The van der Waals surface area contributed by atoms with Crippen molar-refractivity contribution in [1.29, 1.82) is 0 Å². The first-order valence-corrected chi connectivity index (χ1v) is 8.87. The Balaban J connectivity index is 1.54. The SMILES string of the molecule is Cc1ccc(/C=C\C(=O)NCc2ccc(N(C)c3ccncc3)cc2)cc1. The van der Waals surface area contributed by atoms with Crippen molar-refractivity contribution in [3.63, 3.8) is 0 Å². The normalized spacial score (nSPS) is 10.7. The molecule has 0 saturated heterocycles. The number of aryl methyl sites for hydroxylation is 1. The summed E-state index contributed by atoms with van der Waals surface area (Å²) in [6.45, 7) is 2.54. The lowest BCUT2D eigenvalue weighted by molar-refractivity contribution is -0.116. The Kier molecular flexibility index (Phi) is 6.00. The summed E-state index contributed by atoms with van der Waals surface area (Å²) < 4.78 is 0. The van der Waals surface area contributed by atoms with Crippen LogP contribution in [0.4, 0.5) is 11.4 Å². The van der Waals surface area contributed by atoms with E-state index < -0.39 is 0 Å². The second-order valence-electron chi connectivity index (χ2n) is 6.39. The van der Waals surface area contributed by atoms with Crippen LogP contribution < -0.4 is 10.2 Å². The van der Waals surface area contributed by atoms with E-state index in [1.54, 1.807) is 18.5 Å². The number of hydrogen-bond donors (Lipinski definition) is 1. The van der Waals surface area contributed by atoms with Crippen molar-refractivity contribution in [2.75, 3.05) is 11.9 Å². The molecule has 3 rings (SSSR count). The van der Waals surface area contributed by atoms with E-state index in [1.807, 2.05) is 80.7 Å². The summed E-state index contributed by atoms with van der Waals surface area (Å²) in [7, 11) is 2.02. The monoisotopic (exact) mass is 357 g/mol. The number of carbonyl (C=O) groups is 1. The largest absolute Gasteiger partial charge is 0.348 e. The molecule has 0 atom stereocenters. The number of rotatable bonds is 6. The predicted octanol–water partition coefficient (Wildman–Crippen LogP) is 4.49. The van der Waals surface area contributed by atoms with Crippen LogP contribution in [0.5, 0.6) is 0 Å². The Labute approximate surface area is 160 Å². The first-order chi connectivity index (χ1) is 13.1. The molecule has 2 aromatic carbocycles. The average Bonchev–Trinajstić information content (AvgIpc) is 2.72. The van der Waals surface area contributed by atoms with E-state index in [2.05, 4.69) is 15.2 Å². The van der Waals surface area contributed by atoms with Crippen LogP contribution in [0.15, 0.2) is 79.1 Å². The van der Waals surface area contributed by atoms with Crippen molar-refractivity contribution in [2.24, 2.45) is 0 Å². The molecule has 1 N–H and O–H groups in total. The molecule has 1 heterocycles. The third-order valence-electron chi connectivity index (χ3n) is 4.34. The van der Waals surface area contributed by atoms with Crippen molar-refractivity contribution >= 4 is 23.4 Å². The zero-order valence-electron chi connectivity index (χ0n) is 15.6. The summed E-state index contributed by atoms with van der Waals surface area (Å²) in [5.41, 5.74) is 5.43. The van der Waals surface area contributed by atoms with Gasteiger partial charge in [0.15, 0.2) is 0 Å². The minimum absolute atomic E-state index is 0.103. The van der Waals surface area contributed by atoms with E-state index in [0.717, 1.165) is 22.5 Å². The van der Waals surface area contributed by atoms with Crippen LogP contribution in [-0.4, -0.2) is 17.9 Å². The van der Waals surface area contributed by atoms with Gasteiger partial charge < -0.3 is 10.2 Å². The Hall–Kier alpha value is -3.40. The van der Waals surface area contributed by atoms with E-state index in [1.165, 1.54) is 5.56 Å². The molecule has 0 spiro atoms. The standard InChI is InChI=1S/C23H23N3O/c1-18-3-5-19(6-4-18)9-12-23(27)25-17-20-7-10-21(11-8-20)26(2)22-13-15-24-16-14-22/h3-16H,17H2,1-2H3,(H,25,27)/b12-9-. The summed E-state index contributed by atoms with van der Waals surface area (Å²) in [5.74, 6) is -0.103. The van der Waals surface area contributed by atoms with Crippen LogP contribution >= 0.6 is 0 Å². The predicted molar refractivity (Wildman–Crippen MR) is 111 cm³/mol. The Bertz CT molecular complexity index is 901. The molecular formula is C23H23N3O. The number of carbonyl (C=O) groups excluding carboxylic acids is 1. The van der Waals surface area contributed by atoms with Crippen LogP contribution in [-0.2, 0) is 11.3 Å². The Morgan fingerprint density at radius 1 is 0.963 bits per heavy atom. The summed E-state index contributed by atoms with van der Waals surface area (Å²) in [5, 5.41) is 2.91. The van der Waals surface area contributed by atoms with Gasteiger partial charge in [-0.1, -0.05) is 42.0 Å². The fourth-order valence-corrected chi connectivity index (χ4v) is 2.65. The van der Waals surface area contributed by atoms with E-state index in [0.29, 0.717) is 6.54 Å². The molecule has 3 aromatic rings. The number of pyridine rings is 1. The molecule has 0 unspecified atom stereocenters. The third-order valence-corrected chi connectivity index (χ3v) is 4.34. The van der Waals surface area contributed by atoms with Crippen molar-refractivity contribution in [3.05, 3.63) is 95.8 Å². The molecule has 0 saturated carbocycles. The fourth-order valence-electron chi connectivity index (χ4n) is 2.65. The van der Waals surface area contributed by atoms with Gasteiger partial charge in [-0.05, 0) is 48.4 Å². The summed E-state index contributed by atoms with van der Waals surface area (Å²) >= 11 is 0. The van der Waals surface area contributed by atoms with Crippen molar-refractivity contribution in [2.45, 2.75) is 13.5 Å². The lowest BCUT2D eigenvalue weighted by Crippen LogP contribution is -2.20. The van der Waals surface area contributed by atoms with E-state index in [4.69, 9.17) is 0 Å². The minimum atomic E-state index is -0.103. The maximum Gasteiger partial charge on any atom is 0.244 e. The zero-order valence-corrected chi connectivity index (χ0v) is 15.6. The Morgan fingerprint density at radius 3 is 2.26 bits per heavy atom. The van der Waals surface area contributed by atoms with Gasteiger partial charge in [0, 0.05) is 43.4 Å². The van der Waals surface area contributed by atoms with Crippen LogP contribution in [0.25, 0.3) is 6.08 Å². The highest BCUT2D eigenvalue weighted by atomic mass is 16.1. The third kappa shape index (κ3) is 5.28. The molecule has 0 aliphatic heterocycles. The van der Waals surface area contributed by atoms with Gasteiger partial charge in [-0.3, -0.25) is 9.78 Å². The maximum atomic E-state index is 12.0. The number of nitrogens with one attached hydrogen (secondary N) is 1. The summed E-state index contributed by atoms with van der Waals surface area (Å²) in [6.07, 6.45) is 6.94. The van der Waals surface area contributed by atoms with Crippen molar-refractivity contribution < 1.29 is 4.79 Å². The van der Waals surface area contributed by atoms with Gasteiger partial charge in [-0.15, -0.1) is 0 Å². The quantitative estimate of drug-likeness (QED) is 0.661. The van der Waals surface area contributed by atoms with Gasteiger partial charge in [-0.2, -0.15) is 0 Å². The zero-order chi connectivity index (χ0) is 19.1. The van der Waals surface area contributed by atoms with Gasteiger partial charge in [0.25, 0.3) is 0 Å². The second-order valence-corrected chi connectivity index (χ2v) is 6.39. The lowest BCUT2D eigenvalue weighted by Gasteiger charge is -2.19. The fraction of sp³-hybridized carbons (Fsp3) is 0.130. The number of hydrogen-bond acceptors (Lipinski definition) is 3. The minimum Gasteiger partial charge on any atom is -0.348 e. The van der Waals surface area contributed by atoms with Gasteiger partial charge in [-0.25, -0.2) is 0 Å². The smallest absolute Gasteiger partial charge is 0.244 e. The van der Waals surface area contributed by atoms with Crippen molar-refractivity contribution in [1.82, 2.24) is 10.3 Å². The number of aromatic nitrogens is 1. The van der Waals surface area contributed by atoms with Crippen LogP contribution in [0, 0.1) is 6.92 Å². The molecule has 1 amide bonds. The lowest BCUT2D eigenvalue weighted by atomic mass is 10.1. The highest BCUT2D eigenvalue weighted by Crippen LogP contribution is 2.22. The molecule has 0 radical (unpaired) electrons. The average molecular weight is 357 g/mol. The molecule has 0 aliphatic rings. The van der Waals surface area contributed by atoms with E-state index in [-0.39, 0.29) is 5.91 Å². The second kappa shape index (κ2) is 8.81. The highest BCUT2D eigenvalue weighted by molar-refractivity contribution is 5.91. The van der Waals surface area contributed by atoms with E-state index in [9.17, 15) is 4.79 Å². The first-order valence-electron chi connectivity index (χ1n) is 8.87. The molecule has 27 heavy (non-hydrogen) atoms. The van der Waals surface area contributed by atoms with Gasteiger partial charge in [0.1, 0.15) is 0 Å². The highest BCUT2D eigenvalue weighted by Gasteiger charge is 2.04. The molecule has 136 valence electrons. The van der Waals surface area contributed by atoms with E-state index >= 15 is 0 Å². The van der Waals surface area contributed by atoms with Crippen molar-refractivity contribution in [3.8, 4) is 0 Å². The van der Waals surface area contributed by atoms with Crippen LogP contribution in [0.1, 0.15) is 16.7 Å². The number of nitrogens with zero attached hydrogens (tertiary/aromatic N) is 2. The first kappa shape index (κ1) is 18.4. The molecule has 0 aliphatic carbocycles. The summed E-state index contributed by atoms with van der Waals surface area (Å²) in [6, 6.07) is 20.1.